The molecule has 0 radical (unpaired) electrons. The largest absolute Gasteiger partial charge is 0.481 e. The Hall–Kier alpha value is -1.58. The SMILES string of the molecule is [2H]C([2H])([2H])[C@H](CC(=O)O)Nc1ccccn1. The third-order valence-corrected chi connectivity index (χ3v) is 1.37. The van der Waals surface area contributed by atoms with Gasteiger partial charge >= 0.3 is 5.97 Å². The number of hydrogen-bond acceptors (Lipinski definition) is 3. The molecule has 0 aliphatic rings. The van der Waals surface area contributed by atoms with Crippen molar-refractivity contribution in [3.63, 3.8) is 0 Å². The van der Waals surface area contributed by atoms with Crippen LogP contribution in [-0.2, 0) is 4.79 Å². The van der Waals surface area contributed by atoms with Crippen LogP contribution in [0.2, 0.25) is 0 Å². The van der Waals surface area contributed by atoms with E-state index in [0.29, 0.717) is 5.82 Å². The first-order chi connectivity index (χ1) is 7.39. The van der Waals surface area contributed by atoms with Gasteiger partial charge in [-0.1, -0.05) is 6.07 Å². The van der Waals surface area contributed by atoms with Gasteiger partial charge in [0.25, 0.3) is 0 Å². The van der Waals surface area contributed by atoms with E-state index >= 15 is 0 Å². The average molecular weight is 183 g/mol. The summed E-state index contributed by atoms with van der Waals surface area (Å²) in [6, 6.07) is 3.82. The smallest absolute Gasteiger partial charge is 0.305 e. The van der Waals surface area contributed by atoms with Crippen molar-refractivity contribution in [1.82, 2.24) is 4.98 Å². The number of hydrogen-bond donors (Lipinski definition) is 2. The number of aliphatic carboxylic acids is 1. The molecule has 0 unspecified atom stereocenters. The molecule has 0 fully saturated rings. The Morgan fingerprint density at radius 1 is 1.85 bits per heavy atom. The van der Waals surface area contributed by atoms with Crippen LogP contribution < -0.4 is 5.32 Å². The maximum Gasteiger partial charge on any atom is 0.305 e. The number of carboxylic acids is 1. The minimum absolute atomic E-state index is 0.352. The third kappa shape index (κ3) is 3.55. The van der Waals surface area contributed by atoms with E-state index in [-0.39, 0.29) is 0 Å². The van der Waals surface area contributed by atoms with Gasteiger partial charge in [-0.2, -0.15) is 0 Å². The molecule has 1 atom stereocenters. The molecule has 1 rings (SSSR count). The fourth-order valence-corrected chi connectivity index (χ4v) is 0.852. The summed E-state index contributed by atoms with van der Waals surface area (Å²) in [4.78, 5) is 14.4. The summed E-state index contributed by atoms with van der Waals surface area (Å²) in [6.45, 7) is -2.38. The number of aromatic nitrogens is 1. The molecule has 13 heavy (non-hydrogen) atoms. The minimum Gasteiger partial charge on any atom is -0.481 e. The van der Waals surface area contributed by atoms with Crippen LogP contribution in [0.1, 0.15) is 17.4 Å². The zero-order chi connectivity index (χ0) is 12.2. The van der Waals surface area contributed by atoms with Gasteiger partial charge in [-0.15, -0.1) is 0 Å². The number of nitrogens with one attached hydrogen (secondary N) is 1. The van der Waals surface area contributed by atoms with Crippen molar-refractivity contribution in [1.29, 1.82) is 0 Å². The van der Waals surface area contributed by atoms with Crippen LogP contribution in [0.4, 0.5) is 5.82 Å². The molecule has 0 aliphatic carbocycles. The first-order valence-corrected chi connectivity index (χ1v) is 3.79. The van der Waals surface area contributed by atoms with Crippen molar-refractivity contribution in [3.8, 4) is 0 Å². The summed E-state index contributed by atoms with van der Waals surface area (Å²) in [5.41, 5.74) is 0. The standard InChI is InChI=1S/C9H12N2O2/c1-7(6-9(12)13)11-8-4-2-3-5-10-8/h2-5,7H,6H2,1H3,(H,10,11)(H,12,13)/t7-/m1/s1/i1D3. The Labute approximate surface area is 80.8 Å². The zero-order valence-electron chi connectivity index (χ0n) is 9.90. The number of pyridine rings is 1. The molecule has 0 amide bonds. The maximum absolute atomic E-state index is 10.5. The number of carboxylic acid groups (broad SMARTS) is 1. The molecule has 0 saturated carbocycles. The summed E-state index contributed by atoms with van der Waals surface area (Å²) in [6.07, 6.45) is 1.02. The van der Waals surface area contributed by atoms with Crippen molar-refractivity contribution in [2.45, 2.75) is 19.3 Å². The van der Waals surface area contributed by atoms with Crippen molar-refractivity contribution in [3.05, 3.63) is 24.4 Å². The molecule has 4 nitrogen and oxygen atoms in total. The lowest BCUT2D eigenvalue weighted by Gasteiger charge is -2.11. The predicted molar refractivity (Wildman–Crippen MR) is 49.6 cm³/mol. The van der Waals surface area contributed by atoms with E-state index in [1.165, 1.54) is 6.20 Å². The first-order valence-electron chi connectivity index (χ1n) is 5.29. The van der Waals surface area contributed by atoms with Crippen molar-refractivity contribution >= 4 is 11.8 Å². The fourth-order valence-electron chi connectivity index (χ4n) is 0.852. The van der Waals surface area contributed by atoms with Crippen LogP contribution in [0.5, 0.6) is 0 Å². The van der Waals surface area contributed by atoms with Crippen molar-refractivity contribution in [2.75, 3.05) is 5.32 Å². The molecule has 0 spiro atoms. The van der Waals surface area contributed by atoms with E-state index < -0.39 is 25.3 Å². The van der Waals surface area contributed by atoms with Crippen LogP contribution in [0.15, 0.2) is 24.4 Å². The van der Waals surface area contributed by atoms with Crippen LogP contribution in [0.3, 0.4) is 0 Å². The normalized spacial score (nSPS) is 16.5. The molecular formula is C9H12N2O2. The second-order valence-corrected chi connectivity index (χ2v) is 2.51. The lowest BCUT2D eigenvalue weighted by atomic mass is 10.2. The summed E-state index contributed by atoms with van der Waals surface area (Å²) in [5, 5.41) is 11.2. The van der Waals surface area contributed by atoms with Crippen LogP contribution >= 0.6 is 0 Å². The van der Waals surface area contributed by atoms with E-state index in [1.807, 2.05) is 0 Å². The van der Waals surface area contributed by atoms with E-state index in [4.69, 9.17) is 9.22 Å². The number of rotatable bonds is 4. The Morgan fingerprint density at radius 2 is 2.69 bits per heavy atom. The van der Waals surface area contributed by atoms with Gasteiger partial charge in [-0.25, -0.2) is 4.98 Å². The van der Waals surface area contributed by atoms with Gasteiger partial charge in [0.1, 0.15) is 5.82 Å². The van der Waals surface area contributed by atoms with Gasteiger partial charge in [0.05, 0.1) is 6.42 Å². The molecule has 0 aliphatic heterocycles. The Bertz CT molecular complexity index is 354. The van der Waals surface area contributed by atoms with Crippen molar-refractivity contribution in [2.24, 2.45) is 0 Å². The van der Waals surface area contributed by atoms with Crippen LogP contribution in [0, 0.1) is 0 Å². The molecule has 1 heterocycles. The molecule has 70 valence electrons. The van der Waals surface area contributed by atoms with E-state index in [9.17, 15) is 4.79 Å². The predicted octanol–water partition coefficient (Wildman–Crippen LogP) is 1.36. The van der Waals surface area contributed by atoms with Crippen LogP contribution in [0.25, 0.3) is 0 Å². The highest BCUT2D eigenvalue weighted by Gasteiger charge is 2.06. The Morgan fingerprint density at radius 3 is 3.23 bits per heavy atom. The topological polar surface area (TPSA) is 62.2 Å². The molecule has 1 aromatic rings. The summed E-state index contributed by atoms with van der Waals surface area (Å²) < 4.78 is 21.6. The summed E-state index contributed by atoms with van der Waals surface area (Å²) in [7, 11) is 0. The Kier molecular flexibility index (Phi) is 2.04. The maximum atomic E-state index is 10.5. The first kappa shape index (κ1) is 5.96. The molecular weight excluding hydrogens is 168 g/mol. The zero-order valence-corrected chi connectivity index (χ0v) is 6.90. The van der Waals surface area contributed by atoms with Gasteiger partial charge < -0.3 is 10.4 Å². The van der Waals surface area contributed by atoms with Gasteiger partial charge in [0, 0.05) is 16.4 Å². The molecule has 0 aromatic carbocycles. The van der Waals surface area contributed by atoms with Gasteiger partial charge in [0.15, 0.2) is 0 Å². The van der Waals surface area contributed by atoms with E-state index in [2.05, 4.69) is 10.3 Å². The lowest BCUT2D eigenvalue weighted by Crippen LogP contribution is -2.19. The fraction of sp³-hybridized carbons (Fsp3) is 0.333. The third-order valence-electron chi connectivity index (χ3n) is 1.37. The van der Waals surface area contributed by atoms with Gasteiger partial charge in [-0.3, -0.25) is 4.79 Å². The van der Waals surface area contributed by atoms with Crippen LogP contribution in [-0.4, -0.2) is 22.1 Å². The van der Waals surface area contributed by atoms with Gasteiger partial charge in [0.2, 0.25) is 0 Å². The highest BCUT2D eigenvalue weighted by molar-refractivity contribution is 5.68. The second kappa shape index (κ2) is 4.45. The lowest BCUT2D eigenvalue weighted by molar-refractivity contribution is -0.137. The summed E-state index contributed by atoms with van der Waals surface area (Å²) >= 11 is 0. The second-order valence-electron chi connectivity index (χ2n) is 2.51. The Balaban J connectivity index is 2.75. The monoisotopic (exact) mass is 183 g/mol. The molecule has 2 N–H and O–H groups in total. The quantitative estimate of drug-likeness (QED) is 0.739. The average Bonchev–Trinajstić information content (AvgIpc) is 2.16. The van der Waals surface area contributed by atoms with Crippen molar-refractivity contribution < 1.29 is 14.0 Å². The minimum atomic E-state index is -2.38. The number of anilines is 1. The molecule has 0 bridgehead atoms. The molecule has 1 aromatic heterocycles. The highest BCUT2D eigenvalue weighted by atomic mass is 16.4. The number of carbonyl (C=O) groups is 1. The van der Waals surface area contributed by atoms with E-state index in [1.54, 1.807) is 18.2 Å². The van der Waals surface area contributed by atoms with E-state index in [0.717, 1.165) is 0 Å². The summed E-state index contributed by atoms with van der Waals surface area (Å²) in [5.74, 6) is -0.811. The molecule has 0 saturated heterocycles. The molecule has 4 heteroatoms. The number of nitrogens with zero attached hydrogens (tertiary/aromatic N) is 1. The van der Waals surface area contributed by atoms with Gasteiger partial charge in [-0.05, 0) is 19.0 Å². The highest BCUT2D eigenvalue weighted by Crippen LogP contribution is 2.04.